The predicted octanol–water partition coefficient (Wildman–Crippen LogP) is 2.70. The molecule has 4 heteroatoms. The van der Waals surface area contributed by atoms with E-state index in [9.17, 15) is 4.79 Å². The number of carboxylic acid groups (broad SMARTS) is 1. The van der Waals surface area contributed by atoms with Crippen molar-refractivity contribution >= 4 is 11.8 Å². The number of benzene rings is 1. The molecule has 0 amide bonds. The van der Waals surface area contributed by atoms with Crippen molar-refractivity contribution in [3.05, 3.63) is 59.3 Å². The van der Waals surface area contributed by atoms with Crippen molar-refractivity contribution in [1.29, 1.82) is 0 Å². The van der Waals surface area contributed by atoms with E-state index in [1.54, 1.807) is 12.1 Å². The molecule has 0 bridgehead atoms. The van der Waals surface area contributed by atoms with E-state index in [0.29, 0.717) is 12.4 Å². The summed E-state index contributed by atoms with van der Waals surface area (Å²) in [5, 5.41) is 12.0. The Morgan fingerprint density at radius 2 is 2.00 bits per heavy atom. The van der Waals surface area contributed by atoms with E-state index in [1.165, 1.54) is 17.2 Å². The highest BCUT2D eigenvalue weighted by atomic mass is 16.4. The third kappa shape index (κ3) is 2.85. The van der Waals surface area contributed by atoms with Crippen molar-refractivity contribution in [2.45, 2.75) is 13.5 Å². The standard InChI is InChI=1S/C14H14N2O2/c1-10-5-2-3-6-11(10)9-15-13-8-4-7-12(16-13)14(17)18/h2-8H,9H2,1H3,(H,15,16)(H,17,18). The van der Waals surface area contributed by atoms with E-state index >= 15 is 0 Å². The van der Waals surface area contributed by atoms with Gasteiger partial charge in [0.25, 0.3) is 0 Å². The predicted molar refractivity (Wildman–Crippen MR) is 69.7 cm³/mol. The molecule has 0 saturated carbocycles. The lowest BCUT2D eigenvalue weighted by molar-refractivity contribution is 0.0690. The number of carboxylic acids is 1. The van der Waals surface area contributed by atoms with Crippen LogP contribution in [0.15, 0.2) is 42.5 Å². The Morgan fingerprint density at radius 3 is 2.72 bits per heavy atom. The zero-order chi connectivity index (χ0) is 13.0. The zero-order valence-electron chi connectivity index (χ0n) is 10.1. The molecule has 2 N–H and O–H groups in total. The van der Waals surface area contributed by atoms with Crippen LogP contribution in [0.3, 0.4) is 0 Å². The molecular formula is C14H14N2O2. The molecule has 0 unspecified atom stereocenters. The maximum atomic E-state index is 10.8. The van der Waals surface area contributed by atoms with Crippen LogP contribution in [0.2, 0.25) is 0 Å². The van der Waals surface area contributed by atoms with Gasteiger partial charge >= 0.3 is 5.97 Å². The summed E-state index contributed by atoms with van der Waals surface area (Å²) in [6.07, 6.45) is 0. The summed E-state index contributed by atoms with van der Waals surface area (Å²) in [5.41, 5.74) is 2.41. The lowest BCUT2D eigenvalue weighted by atomic mass is 10.1. The van der Waals surface area contributed by atoms with Crippen molar-refractivity contribution in [2.75, 3.05) is 5.32 Å². The molecule has 0 radical (unpaired) electrons. The Hall–Kier alpha value is -2.36. The fourth-order valence-corrected chi connectivity index (χ4v) is 1.65. The summed E-state index contributed by atoms with van der Waals surface area (Å²) < 4.78 is 0. The van der Waals surface area contributed by atoms with Crippen molar-refractivity contribution in [1.82, 2.24) is 4.98 Å². The van der Waals surface area contributed by atoms with E-state index in [0.717, 1.165) is 0 Å². The highest BCUT2D eigenvalue weighted by molar-refractivity contribution is 5.85. The van der Waals surface area contributed by atoms with Crippen molar-refractivity contribution in [3.63, 3.8) is 0 Å². The minimum atomic E-state index is -1.02. The SMILES string of the molecule is Cc1ccccc1CNc1cccc(C(=O)O)n1. The van der Waals surface area contributed by atoms with Gasteiger partial charge in [-0.05, 0) is 30.2 Å². The Morgan fingerprint density at radius 1 is 1.22 bits per heavy atom. The minimum Gasteiger partial charge on any atom is -0.477 e. The number of aryl methyl sites for hydroxylation is 1. The highest BCUT2D eigenvalue weighted by Crippen LogP contribution is 2.10. The van der Waals surface area contributed by atoms with Gasteiger partial charge in [0.2, 0.25) is 0 Å². The number of anilines is 1. The number of nitrogens with zero attached hydrogens (tertiary/aromatic N) is 1. The molecule has 2 rings (SSSR count). The third-order valence-corrected chi connectivity index (χ3v) is 2.69. The van der Waals surface area contributed by atoms with Gasteiger partial charge in [0.15, 0.2) is 5.69 Å². The second-order valence-corrected chi connectivity index (χ2v) is 3.99. The van der Waals surface area contributed by atoms with Crippen LogP contribution in [-0.2, 0) is 6.54 Å². The topological polar surface area (TPSA) is 62.2 Å². The molecule has 92 valence electrons. The second kappa shape index (κ2) is 5.31. The third-order valence-electron chi connectivity index (χ3n) is 2.69. The molecule has 4 nitrogen and oxygen atoms in total. The van der Waals surface area contributed by atoms with Gasteiger partial charge in [0.05, 0.1) is 0 Å². The van der Waals surface area contributed by atoms with E-state index in [-0.39, 0.29) is 5.69 Å². The molecule has 0 fully saturated rings. The zero-order valence-corrected chi connectivity index (χ0v) is 10.1. The van der Waals surface area contributed by atoms with Gasteiger partial charge in [-0.15, -0.1) is 0 Å². The number of carbonyl (C=O) groups is 1. The van der Waals surface area contributed by atoms with Crippen LogP contribution in [0.5, 0.6) is 0 Å². The Labute approximate surface area is 105 Å². The number of rotatable bonds is 4. The summed E-state index contributed by atoms with van der Waals surface area (Å²) in [7, 11) is 0. The molecule has 1 aromatic heterocycles. The van der Waals surface area contributed by atoms with Gasteiger partial charge in [-0.2, -0.15) is 0 Å². The number of nitrogens with one attached hydrogen (secondary N) is 1. The van der Waals surface area contributed by atoms with E-state index in [4.69, 9.17) is 5.11 Å². The normalized spacial score (nSPS) is 10.1. The summed E-state index contributed by atoms with van der Waals surface area (Å²) in [6.45, 7) is 2.67. The lowest BCUT2D eigenvalue weighted by Crippen LogP contribution is -2.06. The summed E-state index contributed by atoms with van der Waals surface area (Å²) in [6, 6.07) is 12.9. The lowest BCUT2D eigenvalue weighted by Gasteiger charge is -2.08. The first-order valence-corrected chi connectivity index (χ1v) is 5.65. The van der Waals surface area contributed by atoms with Crippen LogP contribution >= 0.6 is 0 Å². The summed E-state index contributed by atoms with van der Waals surface area (Å²) >= 11 is 0. The quantitative estimate of drug-likeness (QED) is 0.865. The van der Waals surface area contributed by atoms with Crippen LogP contribution < -0.4 is 5.32 Å². The monoisotopic (exact) mass is 242 g/mol. The van der Waals surface area contributed by atoms with E-state index in [2.05, 4.69) is 10.3 Å². The number of aromatic carboxylic acids is 1. The summed E-state index contributed by atoms with van der Waals surface area (Å²) in [5.74, 6) is -0.451. The number of aromatic nitrogens is 1. The smallest absolute Gasteiger partial charge is 0.354 e. The van der Waals surface area contributed by atoms with Crippen molar-refractivity contribution in [3.8, 4) is 0 Å². The van der Waals surface area contributed by atoms with Crippen LogP contribution in [0.25, 0.3) is 0 Å². The van der Waals surface area contributed by atoms with Crippen molar-refractivity contribution in [2.24, 2.45) is 0 Å². The molecular weight excluding hydrogens is 228 g/mol. The average molecular weight is 242 g/mol. The van der Waals surface area contributed by atoms with Gasteiger partial charge in [-0.3, -0.25) is 0 Å². The average Bonchev–Trinajstić information content (AvgIpc) is 2.38. The molecule has 18 heavy (non-hydrogen) atoms. The molecule has 0 aliphatic rings. The van der Waals surface area contributed by atoms with Crippen molar-refractivity contribution < 1.29 is 9.90 Å². The van der Waals surface area contributed by atoms with E-state index in [1.807, 2.05) is 31.2 Å². The van der Waals surface area contributed by atoms with E-state index < -0.39 is 5.97 Å². The highest BCUT2D eigenvalue weighted by Gasteiger charge is 2.05. The number of hydrogen-bond donors (Lipinski definition) is 2. The van der Waals surface area contributed by atoms with Crippen LogP contribution in [-0.4, -0.2) is 16.1 Å². The summed E-state index contributed by atoms with van der Waals surface area (Å²) in [4.78, 5) is 14.8. The molecule has 0 aliphatic heterocycles. The Kier molecular flexibility index (Phi) is 3.57. The maximum Gasteiger partial charge on any atom is 0.354 e. The van der Waals surface area contributed by atoms with Gasteiger partial charge in [-0.1, -0.05) is 30.3 Å². The first kappa shape index (κ1) is 12.1. The first-order chi connectivity index (χ1) is 8.66. The van der Waals surface area contributed by atoms with Gasteiger partial charge in [0, 0.05) is 6.54 Å². The van der Waals surface area contributed by atoms with Gasteiger partial charge in [0.1, 0.15) is 5.82 Å². The molecule has 1 aromatic carbocycles. The van der Waals surface area contributed by atoms with Crippen LogP contribution in [0.1, 0.15) is 21.6 Å². The molecule has 0 aliphatic carbocycles. The minimum absolute atomic E-state index is 0.0461. The molecule has 1 heterocycles. The Bertz CT molecular complexity index is 567. The maximum absolute atomic E-state index is 10.8. The van der Waals surface area contributed by atoms with Gasteiger partial charge in [-0.25, -0.2) is 9.78 Å². The number of pyridine rings is 1. The number of hydrogen-bond acceptors (Lipinski definition) is 3. The fourth-order valence-electron chi connectivity index (χ4n) is 1.65. The Balaban J connectivity index is 2.09. The van der Waals surface area contributed by atoms with Crippen LogP contribution in [0.4, 0.5) is 5.82 Å². The molecule has 0 atom stereocenters. The second-order valence-electron chi connectivity index (χ2n) is 3.99. The molecule has 0 spiro atoms. The van der Waals surface area contributed by atoms with Crippen LogP contribution in [0, 0.1) is 6.92 Å². The largest absolute Gasteiger partial charge is 0.477 e. The molecule has 2 aromatic rings. The first-order valence-electron chi connectivity index (χ1n) is 5.65. The molecule has 0 saturated heterocycles. The fraction of sp³-hybridized carbons (Fsp3) is 0.143. The van der Waals surface area contributed by atoms with Gasteiger partial charge < -0.3 is 10.4 Å².